The summed E-state index contributed by atoms with van der Waals surface area (Å²) in [5, 5.41) is 0. The quantitative estimate of drug-likeness (QED) is 0.807. The van der Waals surface area contributed by atoms with Crippen LogP contribution in [0.4, 0.5) is 0 Å². The molecule has 2 aliphatic rings. The molecular weight excluding hydrogens is 260 g/mol. The first kappa shape index (κ1) is 13.2. The fraction of sp³-hybridized carbons (Fsp3) is 0.571. The Hall–Kier alpha value is -1.82. The van der Waals surface area contributed by atoms with Crippen LogP contribution in [-0.2, 0) is 20.9 Å². The molecule has 2 amide bonds. The largest absolute Gasteiger partial charge is 0.467 e. The molecule has 3 heterocycles. The van der Waals surface area contributed by atoms with E-state index in [1.807, 2.05) is 6.07 Å². The molecular formula is C14H18N2O4. The number of carbonyl (C=O) groups excluding carboxylic acids is 2. The zero-order valence-electron chi connectivity index (χ0n) is 11.3. The summed E-state index contributed by atoms with van der Waals surface area (Å²) in [5.74, 6) is 0.616. The zero-order chi connectivity index (χ0) is 13.9. The van der Waals surface area contributed by atoms with Gasteiger partial charge in [0.25, 0.3) is 0 Å². The van der Waals surface area contributed by atoms with Crippen LogP contribution in [0.2, 0.25) is 0 Å². The number of ether oxygens (including phenoxy) is 1. The summed E-state index contributed by atoms with van der Waals surface area (Å²) in [6.07, 6.45) is 1.89. The van der Waals surface area contributed by atoms with Crippen molar-refractivity contribution < 1.29 is 18.7 Å². The number of morpholine rings is 1. The van der Waals surface area contributed by atoms with Crippen LogP contribution in [0.1, 0.15) is 12.2 Å². The van der Waals surface area contributed by atoms with E-state index < -0.39 is 0 Å². The van der Waals surface area contributed by atoms with Crippen molar-refractivity contribution >= 4 is 11.8 Å². The molecule has 0 aliphatic carbocycles. The van der Waals surface area contributed by atoms with Gasteiger partial charge in [-0.1, -0.05) is 0 Å². The second kappa shape index (κ2) is 5.66. The summed E-state index contributed by atoms with van der Waals surface area (Å²) in [6.45, 7) is 3.35. The number of likely N-dealkylation sites (tertiary alicyclic amines) is 1. The van der Waals surface area contributed by atoms with E-state index >= 15 is 0 Å². The summed E-state index contributed by atoms with van der Waals surface area (Å²) in [4.78, 5) is 27.8. The summed E-state index contributed by atoms with van der Waals surface area (Å²) in [5.41, 5.74) is 0. The Bertz CT molecular complexity index is 479. The molecule has 0 aromatic carbocycles. The van der Waals surface area contributed by atoms with Crippen LogP contribution >= 0.6 is 0 Å². The standard InChI is InChI=1S/C14H18N2O4/c17-13-8-11(14(18)15-3-6-19-7-4-15)9-16(13)10-12-2-1-5-20-12/h1-2,5,11H,3-4,6-10H2/t11-/m1/s1. The van der Waals surface area contributed by atoms with Gasteiger partial charge in [-0.25, -0.2) is 0 Å². The van der Waals surface area contributed by atoms with Gasteiger partial charge in [-0.05, 0) is 12.1 Å². The first-order chi connectivity index (χ1) is 9.74. The van der Waals surface area contributed by atoms with Gasteiger partial charge < -0.3 is 19.0 Å². The monoisotopic (exact) mass is 278 g/mol. The Balaban J connectivity index is 1.59. The summed E-state index contributed by atoms with van der Waals surface area (Å²) < 4.78 is 10.5. The number of amides is 2. The number of hydrogen-bond donors (Lipinski definition) is 0. The molecule has 2 aliphatic heterocycles. The lowest BCUT2D eigenvalue weighted by atomic mass is 10.1. The zero-order valence-corrected chi connectivity index (χ0v) is 11.3. The van der Waals surface area contributed by atoms with Gasteiger partial charge in [-0.3, -0.25) is 9.59 Å². The molecule has 0 saturated carbocycles. The van der Waals surface area contributed by atoms with E-state index in [4.69, 9.17) is 9.15 Å². The van der Waals surface area contributed by atoms with Crippen LogP contribution in [0.15, 0.2) is 22.8 Å². The van der Waals surface area contributed by atoms with Crippen molar-refractivity contribution in [3.63, 3.8) is 0 Å². The molecule has 0 spiro atoms. The third-order valence-corrected chi connectivity index (χ3v) is 3.81. The topological polar surface area (TPSA) is 63.0 Å². The Morgan fingerprint density at radius 2 is 2.15 bits per heavy atom. The molecule has 0 radical (unpaired) electrons. The Labute approximate surface area is 117 Å². The van der Waals surface area contributed by atoms with E-state index in [9.17, 15) is 9.59 Å². The molecule has 3 rings (SSSR count). The molecule has 1 atom stereocenters. The van der Waals surface area contributed by atoms with Gasteiger partial charge in [0, 0.05) is 26.1 Å². The molecule has 6 heteroatoms. The molecule has 0 bridgehead atoms. The first-order valence-electron chi connectivity index (χ1n) is 6.91. The van der Waals surface area contributed by atoms with E-state index in [0.29, 0.717) is 45.8 Å². The lowest BCUT2D eigenvalue weighted by molar-refractivity contribution is -0.139. The maximum Gasteiger partial charge on any atom is 0.228 e. The fourth-order valence-electron chi connectivity index (χ4n) is 2.72. The number of furan rings is 1. The van der Waals surface area contributed by atoms with Gasteiger partial charge in [0.1, 0.15) is 5.76 Å². The van der Waals surface area contributed by atoms with E-state index in [-0.39, 0.29) is 17.7 Å². The van der Waals surface area contributed by atoms with Crippen LogP contribution in [0.25, 0.3) is 0 Å². The second-order valence-corrected chi connectivity index (χ2v) is 5.19. The Morgan fingerprint density at radius 3 is 2.85 bits per heavy atom. The smallest absolute Gasteiger partial charge is 0.228 e. The molecule has 108 valence electrons. The minimum atomic E-state index is -0.226. The van der Waals surface area contributed by atoms with Crippen molar-refractivity contribution in [2.24, 2.45) is 5.92 Å². The predicted molar refractivity (Wildman–Crippen MR) is 69.6 cm³/mol. The first-order valence-corrected chi connectivity index (χ1v) is 6.91. The number of carbonyl (C=O) groups is 2. The van der Waals surface area contributed by atoms with Crippen molar-refractivity contribution in [2.75, 3.05) is 32.8 Å². The third kappa shape index (κ3) is 2.70. The minimum Gasteiger partial charge on any atom is -0.467 e. The van der Waals surface area contributed by atoms with Gasteiger partial charge in [-0.15, -0.1) is 0 Å². The van der Waals surface area contributed by atoms with Gasteiger partial charge in [0.15, 0.2) is 0 Å². The lowest BCUT2D eigenvalue weighted by Gasteiger charge is -2.29. The van der Waals surface area contributed by atoms with Crippen LogP contribution in [0.5, 0.6) is 0 Å². The minimum absolute atomic E-state index is 0.0213. The lowest BCUT2D eigenvalue weighted by Crippen LogP contribution is -2.44. The summed E-state index contributed by atoms with van der Waals surface area (Å²) in [6, 6.07) is 3.64. The molecule has 1 aromatic heterocycles. The fourth-order valence-corrected chi connectivity index (χ4v) is 2.72. The summed E-state index contributed by atoms with van der Waals surface area (Å²) >= 11 is 0. The van der Waals surface area contributed by atoms with Crippen LogP contribution in [0, 0.1) is 5.92 Å². The highest BCUT2D eigenvalue weighted by Crippen LogP contribution is 2.22. The highest BCUT2D eigenvalue weighted by Gasteiger charge is 2.37. The molecule has 1 aromatic rings. The number of nitrogens with zero attached hydrogens (tertiary/aromatic N) is 2. The Morgan fingerprint density at radius 1 is 1.35 bits per heavy atom. The van der Waals surface area contributed by atoms with Crippen molar-refractivity contribution in [3.05, 3.63) is 24.2 Å². The number of hydrogen-bond acceptors (Lipinski definition) is 4. The highest BCUT2D eigenvalue weighted by molar-refractivity contribution is 5.89. The second-order valence-electron chi connectivity index (χ2n) is 5.19. The highest BCUT2D eigenvalue weighted by atomic mass is 16.5. The number of rotatable bonds is 3. The van der Waals surface area contributed by atoms with Crippen molar-refractivity contribution in [1.82, 2.24) is 9.80 Å². The van der Waals surface area contributed by atoms with Crippen LogP contribution < -0.4 is 0 Å². The molecule has 2 fully saturated rings. The predicted octanol–water partition coefficient (Wildman–Crippen LogP) is 0.487. The van der Waals surface area contributed by atoms with E-state index in [2.05, 4.69) is 0 Å². The third-order valence-electron chi connectivity index (χ3n) is 3.81. The van der Waals surface area contributed by atoms with Gasteiger partial charge in [0.2, 0.25) is 11.8 Å². The average molecular weight is 278 g/mol. The SMILES string of the molecule is O=C1C[C@@H](C(=O)N2CCOCC2)CN1Cc1ccco1. The molecule has 2 saturated heterocycles. The molecule has 20 heavy (non-hydrogen) atoms. The van der Waals surface area contributed by atoms with Crippen molar-refractivity contribution in [2.45, 2.75) is 13.0 Å². The van der Waals surface area contributed by atoms with E-state index in [0.717, 1.165) is 5.76 Å². The Kier molecular flexibility index (Phi) is 3.73. The van der Waals surface area contributed by atoms with Crippen molar-refractivity contribution in [3.8, 4) is 0 Å². The van der Waals surface area contributed by atoms with E-state index in [1.165, 1.54) is 0 Å². The van der Waals surface area contributed by atoms with Gasteiger partial charge in [-0.2, -0.15) is 0 Å². The van der Waals surface area contributed by atoms with E-state index in [1.54, 1.807) is 22.1 Å². The molecule has 6 nitrogen and oxygen atoms in total. The van der Waals surface area contributed by atoms with Crippen LogP contribution in [-0.4, -0.2) is 54.5 Å². The average Bonchev–Trinajstić information content (AvgIpc) is 3.10. The van der Waals surface area contributed by atoms with Crippen LogP contribution in [0.3, 0.4) is 0 Å². The normalized spacial score (nSPS) is 23.4. The maximum atomic E-state index is 12.4. The van der Waals surface area contributed by atoms with Crippen molar-refractivity contribution in [1.29, 1.82) is 0 Å². The maximum absolute atomic E-state index is 12.4. The van der Waals surface area contributed by atoms with Gasteiger partial charge >= 0.3 is 0 Å². The molecule has 0 N–H and O–H groups in total. The molecule has 0 unspecified atom stereocenters. The van der Waals surface area contributed by atoms with Gasteiger partial charge in [0.05, 0.1) is 31.9 Å². The summed E-state index contributed by atoms with van der Waals surface area (Å²) in [7, 11) is 0.